The van der Waals surface area contributed by atoms with Gasteiger partial charge in [-0.2, -0.15) is 0 Å². The van der Waals surface area contributed by atoms with E-state index in [1.165, 1.54) is 0 Å². The van der Waals surface area contributed by atoms with E-state index in [4.69, 9.17) is 16.0 Å². The van der Waals surface area contributed by atoms with Crippen molar-refractivity contribution >= 4 is 56.2 Å². The van der Waals surface area contributed by atoms with Gasteiger partial charge in [0.15, 0.2) is 11.5 Å². The van der Waals surface area contributed by atoms with Crippen molar-refractivity contribution in [1.29, 1.82) is 0 Å². The fourth-order valence-corrected chi connectivity index (χ4v) is 4.69. The molecule has 5 nitrogen and oxygen atoms in total. The van der Waals surface area contributed by atoms with E-state index in [0.717, 1.165) is 45.1 Å². The van der Waals surface area contributed by atoms with E-state index >= 15 is 0 Å². The summed E-state index contributed by atoms with van der Waals surface area (Å²) in [5, 5.41) is 1.50. The Bertz CT molecular complexity index is 1190. The molecule has 0 saturated carbocycles. The number of amides is 1. The Morgan fingerprint density at radius 3 is 2.79 bits per heavy atom. The lowest BCUT2D eigenvalue weighted by atomic mass is 9.97. The number of benzene rings is 2. The van der Waals surface area contributed by atoms with Gasteiger partial charge in [-0.05, 0) is 49.2 Å². The van der Waals surface area contributed by atoms with Crippen molar-refractivity contribution in [3.8, 4) is 0 Å². The summed E-state index contributed by atoms with van der Waals surface area (Å²) >= 11 is 7.62. The maximum absolute atomic E-state index is 12.6. The molecular formula is C22H18ClN3O2S. The van der Waals surface area contributed by atoms with E-state index in [2.05, 4.69) is 9.97 Å². The Hall–Kier alpha value is -2.70. The zero-order valence-electron chi connectivity index (χ0n) is 15.5. The van der Waals surface area contributed by atoms with Gasteiger partial charge >= 0.3 is 0 Å². The normalized spacial score (nSPS) is 15.7. The van der Waals surface area contributed by atoms with Gasteiger partial charge in [-0.15, -0.1) is 11.3 Å². The maximum atomic E-state index is 12.6. The lowest BCUT2D eigenvalue weighted by molar-refractivity contribution is -0.127. The molecule has 2 aromatic heterocycles. The fourth-order valence-electron chi connectivity index (χ4n) is 3.65. The van der Waals surface area contributed by atoms with Crippen molar-refractivity contribution in [3.05, 3.63) is 64.5 Å². The molecule has 1 fully saturated rings. The molecule has 1 amide bonds. The predicted octanol–water partition coefficient (Wildman–Crippen LogP) is 5.51. The fraction of sp³-hybridized carbons (Fsp3) is 0.227. The highest BCUT2D eigenvalue weighted by Gasteiger charge is 2.26. The average molecular weight is 424 g/mol. The molecule has 4 aromatic rings. The minimum absolute atomic E-state index is 0.0204. The van der Waals surface area contributed by atoms with E-state index in [1.54, 1.807) is 23.5 Å². The molecule has 2 aromatic carbocycles. The molecule has 29 heavy (non-hydrogen) atoms. The van der Waals surface area contributed by atoms with E-state index in [0.29, 0.717) is 18.1 Å². The third-order valence-electron chi connectivity index (χ3n) is 5.20. The number of fused-ring (bicyclic) bond motifs is 2. The van der Waals surface area contributed by atoms with E-state index in [9.17, 15) is 4.79 Å². The van der Waals surface area contributed by atoms with Crippen LogP contribution in [0.15, 0.2) is 53.0 Å². The summed E-state index contributed by atoms with van der Waals surface area (Å²) in [6.45, 7) is 1.38. The first-order valence-corrected chi connectivity index (χ1v) is 10.7. The molecule has 0 unspecified atom stereocenters. The summed E-state index contributed by atoms with van der Waals surface area (Å²) in [6, 6.07) is 13.4. The first-order chi connectivity index (χ1) is 14.2. The van der Waals surface area contributed by atoms with Gasteiger partial charge < -0.3 is 9.32 Å². The summed E-state index contributed by atoms with van der Waals surface area (Å²) in [6.07, 6.45) is 5.10. The summed E-state index contributed by atoms with van der Waals surface area (Å²) in [5.41, 5.74) is 2.50. The highest BCUT2D eigenvalue weighted by Crippen LogP contribution is 2.31. The Morgan fingerprint density at radius 2 is 1.97 bits per heavy atom. The summed E-state index contributed by atoms with van der Waals surface area (Å²) < 4.78 is 7.02. The number of thiazole rings is 1. The standard InChI is InChI=1S/C22H18ClN3O2S/c23-15-5-6-18-17(13-15)25-22(28-18)14-9-11-26(12-10-14)21(27)8-7-20-24-16-3-1-2-4-19(16)29-20/h1-8,13-14H,9-12H2/b8-7+. The monoisotopic (exact) mass is 423 g/mol. The van der Waals surface area contributed by atoms with E-state index in [1.807, 2.05) is 47.4 Å². The van der Waals surface area contributed by atoms with Crippen LogP contribution in [0.5, 0.6) is 0 Å². The first kappa shape index (κ1) is 18.3. The molecule has 0 N–H and O–H groups in total. The second-order valence-corrected chi connectivity index (χ2v) is 8.62. The third kappa shape index (κ3) is 3.78. The van der Waals surface area contributed by atoms with Crippen LogP contribution in [-0.2, 0) is 4.79 Å². The predicted molar refractivity (Wildman–Crippen MR) is 116 cm³/mol. The van der Waals surface area contributed by atoms with Crippen LogP contribution in [0.25, 0.3) is 27.4 Å². The molecule has 1 aliphatic rings. The van der Waals surface area contributed by atoms with Gasteiger partial charge in [0.25, 0.3) is 0 Å². The molecule has 1 saturated heterocycles. The SMILES string of the molecule is O=C(/C=C/c1nc2ccccc2s1)N1CCC(c2nc3cc(Cl)ccc3o2)CC1. The van der Waals surface area contributed by atoms with Gasteiger partial charge in [0.1, 0.15) is 10.5 Å². The molecule has 0 spiro atoms. The van der Waals surface area contributed by atoms with Gasteiger partial charge in [-0.3, -0.25) is 4.79 Å². The first-order valence-electron chi connectivity index (χ1n) is 9.54. The number of halogens is 1. The number of rotatable bonds is 3. The third-order valence-corrected chi connectivity index (χ3v) is 6.44. The van der Waals surface area contributed by atoms with Crippen LogP contribution in [0.1, 0.15) is 29.7 Å². The molecule has 0 bridgehead atoms. The number of likely N-dealkylation sites (tertiary alicyclic amines) is 1. The van der Waals surface area contributed by atoms with E-state index in [-0.39, 0.29) is 11.8 Å². The van der Waals surface area contributed by atoms with Crippen LogP contribution >= 0.6 is 22.9 Å². The minimum atomic E-state index is 0.0204. The Balaban J connectivity index is 1.23. The van der Waals surface area contributed by atoms with Crippen LogP contribution in [0.2, 0.25) is 5.02 Å². The van der Waals surface area contributed by atoms with Gasteiger partial charge in [0.2, 0.25) is 5.91 Å². The lowest BCUT2D eigenvalue weighted by Gasteiger charge is -2.29. The van der Waals surface area contributed by atoms with Crippen molar-refractivity contribution in [1.82, 2.24) is 14.9 Å². The van der Waals surface area contributed by atoms with Gasteiger partial charge in [0, 0.05) is 30.1 Å². The number of nitrogens with zero attached hydrogens (tertiary/aromatic N) is 3. The van der Waals surface area contributed by atoms with E-state index < -0.39 is 0 Å². The number of carbonyl (C=O) groups excluding carboxylic acids is 1. The molecule has 0 radical (unpaired) electrons. The summed E-state index contributed by atoms with van der Waals surface area (Å²) in [7, 11) is 0. The molecule has 5 rings (SSSR count). The Kier molecular flexibility index (Phi) is 4.81. The number of hydrogen-bond acceptors (Lipinski definition) is 5. The Morgan fingerprint density at radius 1 is 1.14 bits per heavy atom. The average Bonchev–Trinajstić information content (AvgIpc) is 3.35. The molecule has 0 aliphatic carbocycles. The Labute approximate surface area is 176 Å². The molecule has 7 heteroatoms. The number of carbonyl (C=O) groups is 1. The van der Waals surface area contributed by atoms with Crippen molar-refractivity contribution < 1.29 is 9.21 Å². The van der Waals surface area contributed by atoms with Crippen molar-refractivity contribution in [2.75, 3.05) is 13.1 Å². The largest absolute Gasteiger partial charge is 0.440 e. The summed E-state index contributed by atoms with van der Waals surface area (Å²) in [5.74, 6) is 0.977. The minimum Gasteiger partial charge on any atom is -0.440 e. The molecule has 0 atom stereocenters. The highest BCUT2D eigenvalue weighted by molar-refractivity contribution is 7.19. The van der Waals surface area contributed by atoms with Crippen molar-refractivity contribution in [2.45, 2.75) is 18.8 Å². The molecular weight excluding hydrogens is 406 g/mol. The second kappa shape index (κ2) is 7.61. The molecule has 146 valence electrons. The number of piperidine rings is 1. The van der Waals surface area contributed by atoms with Crippen molar-refractivity contribution in [3.63, 3.8) is 0 Å². The van der Waals surface area contributed by atoms with Gasteiger partial charge in [-0.25, -0.2) is 9.97 Å². The van der Waals surface area contributed by atoms with Gasteiger partial charge in [0.05, 0.1) is 10.2 Å². The highest BCUT2D eigenvalue weighted by atomic mass is 35.5. The van der Waals surface area contributed by atoms with Crippen LogP contribution < -0.4 is 0 Å². The number of oxazole rings is 1. The second-order valence-electron chi connectivity index (χ2n) is 7.12. The van der Waals surface area contributed by atoms with Gasteiger partial charge in [-0.1, -0.05) is 23.7 Å². The number of hydrogen-bond donors (Lipinski definition) is 0. The maximum Gasteiger partial charge on any atom is 0.246 e. The molecule has 1 aliphatic heterocycles. The van der Waals surface area contributed by atoms with Crippen LogP contribution in [0, 0.1) is 0 Å². The topological polar surface area (TPSA) is 59.2 Å². The van der Waals surface area contributed by atoms with Crippen molar-refractivity contribution in [2.24, 2.45) is 0 Å². The zero-order chi connectivity index (χ0) is 19.8. The quantitative estimate of drug-likeness (QED) is 0.407. The van der Waals surface area contributed by atoms with Crippen LogP contribution in [0.4, 0.5) is 0 Å². The zero-order valence-corrected chi connectivity index (χ0v) is 17.1. The van der Waals surface area contributed by atoms with Crippen LogP contribution in [0.3, 0.4) is 0 Å². The number of aromatic nitrogens is 2. The number of para-hydroxylation sites is 1. The summed E-state index contributed by atoms with van der Waals surface area (Å²) in [4.78, 5) is 23.6. The smallest absolute Gasteiger partial charge is 0.246 e. The van der Waals surface area contributed by atoms with Crippen LogP contribution in [-0.4, -0.2) is 33.9 Å². The lowest BCUT2D eigenvalue weighted by Crippen LogP contribution is -2.36. The molecule has 3 heterocycles.